The second-order valence-electron chi connectivity index (χ2n) is 3.80. The van der Waals surface area contributed by atoms with Crippen LogP contribution >= 0.6 is 0 Å². The second-order valence-corrected chi connectivity index (χ2v) is 3.80. The van der Waals surface area contributed by atoms with Crippen LogP contribution < -0.4 is 5.32 Å². The average Bonchev–Trinajstić information content (AvgIpc) is 2.11. The van der Waals surface area contributed by atoms with Crippen LogP contribution in [0.5, 0.6) is 0 Å². The number of rotatable bonds is 2. The molecule has 1 fully saturated rings. The average molecular weight is 217 g/mol. The van der Waals surface area contributed by atoms with E-state index in [1.165, 1.54) is 0 Å². The first-order valence-electron chi connectivity index (χ1n) is 4.74. The molecule has 15 heavy (non-hydrogen) atoms. The van der Waals surface area contributed by atoms with Gasteiger partial charge in [-0.1, -0.05) is 0 Å². The molecule has 2 unspecified atom stereocenters. The number of amides is 1. The summed E-state index contributed by atoms with van der Waals surface area (Å²) in [5.74, 6) is -1.65. The number of hydrogen-bond donors (Lipinski definition) is 1. The number of β-lactam (4-membered cyclic amide) rings is 1. The highest BCUT2D eigenvalue weighted by Gasteiger charge is 2.29. The number of hydrogen-bond acceptors (Lipinski definition) is 1. The first-order valence-corrected chi connectivity index (χ1v) is 4.74. The van der Waals surface area contributed by atoms with Gasteiger partial charge in [0.25, 0.3) is 0 Å². The fourth-order valence-electron chi connectivity index (χ4n) is 1.71. The van der Waals surface area contributed by atoms with Crippen LogP contribution in [-0.2, 0) is 4.79 Å². The molecule has 0 bridgehead atoms. The third-order valence-electron chi connectivity index (χ3n) is 2.58. The number of alkyl halides is 1. The molecule has 0 aromatic carbocycles. The van der Waals surface area contributed by atoms with Crippen molar-refractivity contribution in [3.63, 3.8) is 0 Å². The monoisotopic (exact) mass is 217 g/mol. The van der Waals surface area contributed by atoms with Gasteiger partial charge in [0, 0.05) is 18.9 Å². The number of carbonyl (C=O) groups excluding carboxylic acids is 1. The van der Waals surface area contributed by atoms with Crippen molar-refractivity contribution < 1.29 is 18.0 Å². The lowest BCUT2D eigenvalue weighted by atomic mass is 9.93. The first-order chi connectivity index (χ1) is 7.06. The van der Waals surface area contributed by atoms with Crippen LogP contribution in [0.25, 0.3) is 0 Å². The van der Waals surface area contributed by atoms with Gasteiger partial charge in [-0.15, -0.1) is 0 Å². The fourth-order valence-corrected chi connectivity index (χ4v) is 1.71. The summed E-state index contributed by atoms with van der Waals surface area (Å²) in [5, 5.41) is 2.55. The largest absolute Gasteiger partial charge is 0.352 e. The van der Waals surface area contributed by atoms with E-state index < -0.39 is 24.2 Å². The number of halogens is 3. The normalized spacial score (nSPS) is 30.9. The third kappa shape index (κ3) is 2.06. The Balaban J connectivity index is 2.02. The van der Waals surface area contributed by atoms with Gasteiger partial charge in [0.1, 0.15) is 11.7 Å². The van der Waals surface area contributed by atoms with Gasteiger partial charge in [0.2, 0.25) is 5.91 Å². The molecular weight excluding hydrogens is 207 g/mol. The summed E-state index contributed by atoms with van der Waals surface area (Å²) in [5.41, 5.74) is 0.159. The Morgan fingerprint density at radius 3 is 2.67 bits per heavy atom. The van der Waals surface area contributed by atoms with Gasteiger partial charge in [-0.25, -0.2) is 13.2 Å². The minimum absolute atomic E-state index is 0.0929. The number of carbonyl (C=O) groups is 1. The van der Waals surface area contributed by atoms with E-state index in [0.29, 0.717) is 6.42 Å². The molecule has 0 spiro atoms. The quantitative estimate of drug-likeness (QED) is 0.705. The van der Waals surface area contributed by atoms with Crippen molar-refractivity contribution in [1.82, 2.24) is 5.32 Å². The van der Waals surface area contributed by atoms with Gasteiger partial charge < -0.3 is 5.32 Å². The van der Waals surface area contributed by atoms with E-state index >= 15 is 0 Å². The van der Waals surface area contributed by atoms with Crippen LogP contribution in [0.2, 0.25) is 0 Å². The molecule has 1 N–H and O–H groups in total. The Hall–Kier alpha value is -1.26. The van der Waals surface area contributed by atoms with E-state index in [0.717, 1.165) is 6.08 Å². The SMILES string of the molecule is O=C1CC(CC2=C(F)CC(F)C(F)=C2)N1. The maximum absolute atomic E-state index is 13.2. The fraction of sp³-hybridized carbons (Fsp3) is 0.500. The van der Waals surface area contributed by atoms with Crippen molar-refractivity contribution in [3.8, 4) is 0 Å². The lowest BCUT2D eigenvalue weighted by molar-refractivity contribution is -0.128. The lowest BCUT2D eigenvalue weighted by Gasteiger charge is -2.28. The molecule has 0 aromatic rings. The standard InChI is InChI=1S/C10H10F3NO/c11-7-4-9(13)8(12)2-5(7)1-6-3-10(15)14-6/h2,6,9H,1,3-4H2,(H,14,15). The van der Waals surface area contributed by atoms with Crippen LogP contribution in [0.4, 0.5) is 13.2 Å². The van der Waals surface area contributed by atoms with Crippen molar-refractivity contribution in [2.24, 2.45) is 0 Å². The Labute approximate surface area is 84.8 Å². The summed E-state index contributed by atoms with van der Waals surface area (Å²) in [6.07, 6.45) is -0.931. The molecule has 0 aromatic heterocycles. The third-order valence-corrected chi connectivity index (χ3v) is 2.58. The lowest BCUT2D eigenvalue weighted by Crippen LogP contribution is -2.48. The molecule has 0 radical (unpaired) electrons. The van der Waals surface area contributed by atoms with Crippen LogP contribution in [-0.4, -0.2) is 18.1 Å². The van der Waals surface area contributed by atoms with Crippen LogP contribution in [0.3, 0.4) is 0 Å². The van der Waals surface area contributed by atoms with Crippen molar-refractivity contribution in [3.05, 3.63) is 23.3 Å². The van der Waals surface area contributed by atoms with Gasteiger partial charge in [0.05, 0.1) is 0 Å². The summed E-state index contributed by atoms with van der Waals surface area (Å²) >= 11 is 0. The first kappa shape index (κ1) is 10.3. The molecular formula is C10H10F3NO. The zero-order valence-electron chi connectivity index (χ0n) is 7.90. The predicted molar refractivity (Wildman–Crippen MR) is 48.0 cm³/mol. The van der Waals surface area contributed by atoms with Gasteiger partial charge in [-0.2, -0.15) is 0 Å². The zero-order valence-corrected chi connectivity index (χ0v) is 7.90. The van der Waals surface area contributed by atoms with Gasteiger partial charge in [-0.05, 0) is 18.1 Å². The van der Waals surface area contributed by atoms with E-state index in [1.54, 1.807) is 0 Å². The second kappa shape index (κ2) is 3.72. The maximum Gasteiger partial charge on any atom is 0.222 e. The highest BCUT2D eigenvalue weighted by molar-refractivity contribution is 5.82. The Morgan fingerprint density at radius 2 is 2.07 bits per heavy atom. The molecule has 0 saturated carbocycles. The predicted octanol–water partition coefficient (Wildman–Crippen LogP) is 2.08. The molecule has 1 saturated heterocycles. The highest BCUT2D eigenvalue weighted by atomic mass is 19.2. The van der Waals surface area contributed by atoms with Crippen LogP contribution in [0, 0.1) is 0 Å². The molecule has 5 heteroatoms. The minimum atomic E-state index is -1.86. The van der Waals surface area contributed by atoms with Crippen LogP contribution in [0.1, 0.15) is 19.3 Å². The molecule has 2 rings (SSSR count). The van der Waals surface area contributed by atoms with E-state index in [-0.39, 0.29) is 23.9 Å². The van der Waals surface area contributed by atoms with Gasteiger partial charge >= 0.3 is 0 Å². The molecule has 2 nitrogen and oxygen atoms in total. The zero-order chi connectivity index (χ0) is 11.0. The molecule has 2 aliphatic rings. The van der Waals surface area contributed by atoms with Crippen molar-refractivity contribution in [2.75, 3.05) is 0 Å². The van der Waals surface area contributed by atoms with Gasteiger partial charge in [-0.3, -0.25) is 4.79 Å². The number of nitrogens with one attached hydrogen (secondary N) is 1. The summed E-state index contributed by atoms with van der Waals surface area (Å²) < 4.78 is 38.8. The molecule has 1 aliphatic heterocycles. The Kier molecular flexibility index (Phi) is 2.54. The number of allylic oxidation sites excluding steroid dienone is 3. The molecule has 2 atom stereocenters. The van der Waals surface area contributed by atoms with Crippen molar-refractivity contribution >= 4 is 5.91 Å². The van der Waals surface area contributed by atoms with Crippen LogP contribution in [0.15, 0.2) is 23.3 Å². The van der Waals surface area contributed by atoms with E-state index in [2.05, 4.69) is 5.32 Å². The maximum atomic E-state index is 13.2. The van der Waals surface area contributed by atoms with E-state index in [4.69, 9.17) is 0 Å². The van der Waals surface area contributed by atoms with E-state index in [1.807, 2.05) is 0 Å². The summed E-state index contributed by atoms with van der Waals surface area (Å²) in [4.78, 5) is 10.6. The smallest absolute Gasteiger partial charge is 0.222 e. The van der Waals surface area contributed by atoms with Crippen molar-refractivity contribution in [2.45, 2.75) is 31.5 Å². The molecule has 82 valence electrons. The summed E-state index contributed by atoms with van der Waals surface area (Å²) in [6.45, 7) is 0. The van der Waals surface area contributed by atoms with E-state index in [9.17, 15) is 18.0 Å². The Bertz CT molecular complexity index is 354. The Morgan fingerprint density at radius 1 is 1.40 bits per heavy atom. The van der Waals surface area contributed by atoms with Gasteiger partial charge in [0.15, 0.2) is 6.17 Å². The molecule has 1 heterocycles. The highest BCUT2D eigenvalue weighted by Crippen LogP contribution is 2.31. The minimum Gasteiger partial charge on any atom is -0.352 e. The van der Waals surface area contributed by atoms with Crippen molar-refractivity contribution in [1.29, 1.82) is 0 Å². The topological polar surface area (TPSA) is 29.1 Å². The molecule has 1 amide bonds. The molecule has 1 aliphatic carbocycles. The summed E-state index contributed by atoms with van der Waals surface area (Å²) in [6, 6.07) is -0.140. The summed E-state index contributed by atoms with van der Waals surface area (Å²) in [7, 11) is 0.